The Morgan fingerprint density at radius 1 is 1.82 bits per heavy atom. The number of carbonyl (C=O) groups excluding carboxylic acids is 1. The maximum atomic E-state index is 10.9. The van der Waals surface area contributed by atoms with Gasteiger partial charge in [0.2, 0.25) is 5.91 Å². The number of rotatable bonds is 3. The van der Waals surface area contributed by atoms with Crippen molar-refractivity contribution in [2.45, 2.75) is 24.8 Å². The lowest BCUT2D eigenvalue weighted by Crippen LogP contribution is -2.31. The molecule has 0 bridgehead atoms. The molecule has 1 amide bonds. The molecule has 1 rings (SSSR count). The van der Waals surface area contributed by atoms with Gasteiger partial charge in [-0.15, -0.1) is 0 Å². The van der Waals surface area contributed by atoms with Gasteiger partial charge in [-0.2, -0.15) is 11.8 Å². The van der Waals surface area contributed by atoms with Crippen molar-refractivity contribution in [3.05, 3.63) is 0 Å². The maximum Gasteiger partial charge on any atom is 0.223 e. The van der Waals surface area contributed by atoms with E-state index in [2.05, 4.69) is 12.2 Å². The summed E-state index contributed by atoms with van der Waals surface area (Å²) < 4.78 is 5.09. The SMILES string of the molecule is CCSC1CC(=O)NC1OC. The Balaban J connectivity index is 2.43. The van der Waals surface area contributed by atoms with Crippen LogP contribution in [0.1, 0.15) is 13.3 Å². The van der Waals surface area contributed by atoms with Gasteiger partial charge >= 0.3 is 0 Å². The zero-order valence-corrected chi connectivity index (χ0v) is 7.61. The molecule has 64 valence electrons. The average molecular weight is 175 g/mol. The molecule has 1 aliphatic heterocycles. The lowest BCUT2D eigenvalue weighted by molar-refractivity contribution is -0.120. The Bertz CT molecular complexity index is 151. The summed E-state index contributed by atoms with van der Waals surface area (Å²) in [5.74, 6) is 1.13. The number of amides is 1. The number of hydrogen-bond donors (Lipinski definition) is 1. The van der Waals surface area contributed by atoms with Crippen LogP contribution in [0.3, 0.4) is 0 Å². The van der Waals surface area contributed by atoms with Crippen molar-refractivity contribution >= 4 is 17.7 Å². The molecule has 0 saturated carbocycles. The molecule has 1 aliphatic rings. The van der Waals surface area contributed by atoms with E-state index in [4.69, 9.17) is 4.74 Å². The number of ether oxygens (including phenoxy) is 1. The number of nitrogens with one attached hydrogen (secondary N) is 1. The highest BCUT2D eigenvalue weighted by Crippen LogP contribution is 2.23. The molecule has 2 atom stereocenters. The first-order valence-corrected chi connectivity index (χ1v) is 4.76. The summed E-state index contributed by atoms with van der Waals surface area (Å²) in [6.07, 6.45) is 0.518. The Hall–Kier alpha value is -0.220. The Kier molecular flexibility index (Phi) is 3.20. The third kappa shape index (κ3) is 2.10. The van der Waals surface area contributed by atoms with Gasteiger partial charge in [-0.25, -0.2) is 0 Å². The summed E-state index contributed by atoms with van der Waals surface area (Å²) in [5, 5.41) is 3.06. The van der Waals surface area contributed by atoms with Crippen LogP contribution in [-0.4, -0.2) is 30.2 Å². The molecule has 4 heteroatoms. The highest BCUT2D eigenvalue weighted by atomic mass is 32.2. The standard InChI is InChI=1S/C7H13NO2S/c1-3-11-5-4-6(9)8-7(5)10-2/h5,7H,3-4H2,1-2H3,(H,8,9). The minimum atomic E-state index is -0.0764. The zero-order valence-electron chi connectivity index (χ0n) is 6.79. The van der Waals surface area contributed by atoms with Crippen LogP contribution in [0.5, 0.6) is 0 Å². The largest absolute Gasteiger partial charge is 0.361 e. The third-order valence-corrected chi connectivity index (χ3v) is 2.84. The monoisotopic (exact) mass is 175 g/mol. The van der Waals surface area contributed by atoms with Crippen molar-refractivity contribution in [1.82, 2.24) is 5.32 Å². The van der Waals surface area contributed by atoms with Crippen molar-refractivity contribution < 1.29 is 9.53 Å². The number of thioether (sulfide) groups is 1. The van der Waals surface area contributed by atoms with E-state index < -0.39 is 0 Å². The fourth-order valence-corrected chi connectivity index (χ4v) is 2.22. The van der Waals surface area contributed by atoms with Gasteiger partial charge in [-0.3, -0.25) is 4.79 Å². The summed E-state index contributed by atoms with van der Waals surface area (Å²) in [6, 6.07) is 0. The van der Waals surface area contributed by atoms with E-state index in [1.165, 1.54) is 0 Å². The first-order valence-electron chi connectivity index (χ1n) is 3.71. The van der Waals surface area contributed by atoms with Gasteiger partial charge in [0.1, 0.15) is 6.23 Å². The second-order valence-corrected chi connectivity index (χ2v) is 3.94. The summed E-state index contributed by atoms with van der Waals surface area (Å²) in [4.78, 5) is 10.9. The van der Waals surface area contributed by atoms with Crippen LogP contribution in [-0.2, 0) is 9.53 Å². The topological polar surface area (TPSA) is 38.3 Å². The van der Waals surface area contributed by atoms with Crippen LogP contribution in [0, 0.1) is 0 Å². The quantitative estimate of drug-likeness (QED) is 0.682. The molecular formula is C7H13NO2S. The van der Waals surface area contributed by atoms with Gasteiger partial charge in [-0.05, 0) is 5.75 Å². The number of carbonyl (C=O) groups is 1. The van der Waals surface area contributed by atoms with Gasteiger partial charge in [0.05, 0.1) is 5.25 Å². The van der Waals surface area contributed by atoms with E-state index in [0.29, 0.717) is 11.7 Å². The van der Waals surface area contributed by atoms with E-state index in [9.17, 15) is 4.79 Å². The van der Waals surface area contributed by atoms with Crippen LogP contribution < -0.4 is 5.32 Å². The lowest BCUT2D eigenvalue weighted by atomic mass is 10.3. The Morgan fingerprint density at radius 3 is 3.09 bits per heavy atom. The molecule has 2 unspecified atom stereocenters. The van der Waals surface area contributed by atoms with Crippen molar-refractivity contribution in [2.75, 3.05) is 12.9 Å². The van der Waals surface area contributed by atoms with E-state index in [1.54, 1.807) is 18.9 Å². The van der Waals surface area contributed by atoms with Crippen molar-refractivity contribution in [3.8, 4) is 0 Å². The molecule has 0 aromatic carbocycles. The smallest absolute Gasteiger partial charge is 0.223 e. The molecule has 0 aromatic rings. The molecule has 0 aromatic heterocycles. The van der Waals surface area contributed by atoms with E-state index in [1.807, 2.05) is 0 Å². The highest BCUT2D eigenvalue weighted by molar-refractivity contribution is 7.99. The van der Waals surface area contributed by atoms with Gasteiger partial charge < -0.3 is 10.1 Å². The van der Waals surface area contributed by atoms with Crippen LogP contribution in [0.4, 0.5) is 0 Å². The molecule has 3 nitrogen and oxygen atoms in total. The molecule has 0 radical (unpaired) electrons. The average Bonchev–Trinajstić information content (AvgIpc) is 2.32. The second-order valence-electron chi connectivity index (χ2n) is 2.42. The molecule has 1 saturated heterocycles. The molecule has 1 N–H and O–H groups in total. The first-order chi connectivity index (χ1) is 5.27. The predicted octanol–water partition coefficient (Wildman–Crippen LogP) is 0.600. The summed E-state index contributed by atoms with van der Waals surface area (Å²) >= 11 is 1.77. The summed E-state index contributed by atoms with van der Waals surface area (Å²) in [5.41, 5.74) is 0. The molecular weight excluding hydrogens is 162 g/mol. The lowest BCUT2D eigenvalue weighted by Gasteiger charge is -2.15. The predicted molar refractivity (Wildman–Crippen MR) is 45.5 cm³/mol. The summed E-state index contributed by atoms with van der Waals surface area (Å²) in [7, 11) is 1.62. The van der Waals surface area contributed by atoms with Crippen LogP contribution in [0.25, 0.3) is 0 Å². The molecule has 1 fully saturated rings. The fourth-order valence-electron chi connectivity index (χ4n) is 1.17. The van der Waals surface area contributed by atoms with Gasteiger partial charge in [0.25, 0.3) is 0 Å². The van der Waals surface area contributed by atoms with Crippen LogP contribution in [0.2, 0.25) is 0 Å². The Morgan fingerprint density at radius 2 is 2.55 bits per heavy atom. The van der Waals surface area contributed by atoms with E-state index in [0.717, 1.165) is 5.75 Å². The minimum Gasteiger partial charge on any atom is -0.361 e. The summed E-state index contributed by atoms with van der Waals surface area (Å²) in [6.45, 7) is 2.08. The number of methoxy groups -OCH3 is 1. The van der Waals surface area contributed by atoms with Gasteiger partial charge in [0.15, 0.2) is 0 Å². The maximum absolute atomic E-state index is 10.9. The highest BCUT2D eigenvalue weighted by Gasteiger charge is 2.31. The fraction of sp³-hybridized carbons (Fsp3) is 0.857. The van der Waals surface area contributed by atoms with E-state index >= 15 is 0 Å². The first kappa shape index (κ1) is 8.87. The molecule has 11 heavy (non-hydrogen) atoms. The van der Waals surface area contributed by atoms with Crippen LogP contribution >= 0.6 is 11.8 Å². The van der Waals surface area contributed by atoms with Crippen molar-refractivity contribution in [1.29, 1.82) is 0 Å². The van der Waals surface area contributed by atoms with Gasteiger partial charge in [0, 0.05) is 13.5 Å². The van der Waals surface area contributed by atoms with Crippen LogP contribution in [0.15, 0.2) is 0 Å². The second kappa shape index (κ2) is 3.97. The zero-order chi connectivity index (χ0) is 8.27. The normalized spacial score (nSPS) is 30.5. The molecule has 1 heterocycles. The van der Waals surface area contributed by atoms with Crippen molar-refractivity contribution in [3.63, 3.8) is 0 Å². The minimum absolute atomic E-state index is 0.0764. The number of hydrogen-bond acceptors (Lipinski definition) is 3. The Labute approximate surface area is 70.9 Å². The molecule has 0 spiro atoms. The van der Waals surface area contributed by atoms with E-state index in [-0.39, 0.29) is 12.1 Å². The van der Waals surface area contributed by atoms with Crippen molar-refractivity contribution in [2.24, 2.45) is 0 Å². The van der Waals surface area contributed by atoms with Gasteiger partial charge in [-0.1, -0.05) is 6.92 Å². The third-order valence-electron chi connectivity index (χ3n) is 1.66. The molecule has 0 aliphatic carbocycles.